The minimum atomic E-state index is -1.06. The standard InChI is InChI=1S/C19H21NO5/c1-3-24-14-9-10-17(25-4-2)16(12-14)20-18(21)11-13-7-5-6-8-15(13)19(22)23/h5-10,12H,3-4,11H2,1-2H3,(H,20,21)(H,22,23). The summed E-state index contributed by atoms with van der Waals surface area (Å²) in [5.41, 5.74) is 1.06. The molecule has 132 valence electrons. The fourth-order valence-electron chi connectivity index (χ4n) is 2.40. The highest BCUT2D eigenvalue weighted by atomic mass is 16.5. The number of carboxylic acid groups (broad SMARTS) is 1. The van der Waals surface area contributed by atoms with Crippen LogP contribution >= 0.6 is 0 Å². The molecular weight excluding hydrogens is 322 g/mol. The number of carbonyl (C=O) groups is 2. The quantitative estimate of drug-likeness (QED) is 0.768. The second-order valence-electron chi connectivity index (χ2n) is 5.21. The smallest absolute Gasteiger partial charge is 0.335 e. The number of nitrogens with one attached hydrogen (secondary N) is 1. The molecule has 0 spiro atoms. The van der Waals surface area contributed by atoms with E-state index in [0.29, 0.717) is 36.0 Å². The number of aromatic carboxylic acids is 1. The number of amides is 1. The van der Waals surface area contributed by atoms with Gasteiger partial charge in [0.15, 0.2) is 0 Å². The van der Waals surface area contributed by atoms with Crippen molar-refractivity contribution in [2.24, 2.45) is 0 Å². The van der Waals surface area contributed by atoms with E-state index in [1.807, 2.05) is 13.8 Å². The normalized spacial score (nSPS) is 10.2. The first kappa shape index (κ1) is 18.3. The van der Waals surface area contributed by atoms with Crippen molar-refractivity contribution in [1.29, 1.82) is 0 Å². The summed E-state index contributed by atoms with van der Waals surface area (Å²) >= 11 is 0. The van der Waals surface area contributed by atoms with E-state index in [0.717, 1.165) is 0 Å². The van der Waals surface area contributed by atoms with Crippen LogP contribution in [0.25, 0.3) is 0 Å². The van der Waals surface area contributed by atoms with Gasteiger partial charge in [-0.05, 0) is 37.6 Å². The van der Waals surface area contributed by atoms with E-state index in [4.69, 9.17) is 9.47 Å². The molecule has 25 heavy (non-hydrogen) atoms. The van der Waals surface area contributed by atoms with E-state index in [2.05, 4.69) is 5.32 Å². The Kier molecular flexibility index (Phi) is 6.39. The first-order valence-electron chi connectivity index (χ1n) is 8.05. The van der Waals surface area contributed by atoms with Gasteiger partial charge in [0.2, 0.25) is 5.91 Å². The van der Waals surface area contributed by atoms with Gasteiger partial charge >= 0.3 is 5.97 Å². The fraction of sp³-hybridized carbons (Fsp3) is 0.263. The van der Waals surface area contributed by atoms with Crippen LogP contribution in [0.15, 0.2) is 42.5 Å². The van der Waals surface area contributed by atoms with Crippen molar-refractivity contribution in [3.63, 3.8) is 0 Å². The van der Waals surface area contributed by atoms with E-state index in [1.54, 1.807) is 36.4 Å². The Morgan fingerprint density at radius 2 is 1.76 bits per heavy atom. The van der Waals surface area contributed by atoms with E-state index < -0.39 is 5.97 Å². The summed E-state index contributed by atoms with van der Waals surface area (Å²) in [6.07, 6.45) is -0.0487. The van der Waals surface area contributed by atoms with Gasteiger partial charge in [0.1, 0.15) is 11.5 Å². The summed E-state index contributed by atoms with van der Waals surface area (Å²) in [7, 11) is 0. The molecule has 0 aliphatic rings. The van der Waals surface area contributed by atoms with E-state index in [1.165, 1.54) is 6.07 Å². The molecule has 2 N–H and O–H groups in total. The number of rotatable bonds is 8. The molecule has 2 rings (SSSR count). The molecular formula is C19H21NO5. The van der Waals surface area contributed by atoms with Crippen molar-refractivity contribution in [1.82, 2.24) is 0 Å². The molecule has 6 nitrogen and oxygen atoms in total. The Labute approximate surface area is 146 Å². The minimum absolute atomic E-state index is 0.0487. The highest BCUT2D eigenvalue weighted by Crippen LogP contribution is 2.29. The lowest BCUT2D eigenvalue weighted by atomic mass is 10.0. The predicted molar refractivity (Wildman–Crippen MR) is 94.5 cm³/mol. The van der Waals surface area contributed by atoms with E-state index in [-0.39, 0.29) is 17.9 Å². The molecule has 0 fully saturated rings. The minimum Gasteiger partial charge on any atom is -0.494 e. The van der Waals surface area contributed by atoms with Crippen LogP contribution in [-0.4, -0.2) is 30.2 Å². The van der Waals surface area contributed by atoms with Crippen LogP contribution in [0.3, 0.4) is 0 Å². The summed E-state index contributed by atoms with van der Waals surface area (Å²) < 4.78 is 11.0. The van der Waals surface area contributed by atoms with Crippen molar-refractivity contribution in [2.75, 3.05) is 18.5 Å². The van der Waals surface area contributed by atoms with Gasteiger partial charge in [0, 0.05) is 6.07 Å². The molecule has 0 unspecified atom stereocenters. The third kappa shape index (κ3) is 4.97. The summed E-state index contributed by atoms with van der Waals surface area (Å²) in [6.45, 7) is 4.69. The maximum Gasteiger partial charge on any atom is 0.335 e. The molecule has 2 aromatic carbocycles. The molecule has 0 saturated heterocycles. The predicted octanol–water partition coefficient (Wildman–Crippen LogP) is 3.36. The highest BCUT2D eigenvalue weighted by Gasteiger charge is 2.14. The van der Waals surface area contributed by atoms with E-state index in [9.17, 15) is 14.7 Å². The van der Waals surface area contributed by atoms with Crippen LogP contribution in [0, 0.1) is 0 Å². The van der Waals surface area contributed by atoms with Gasteiger partial charge < -0.3 is 19.9 Å². The number of ether oxygens (including phenoxy) is 2. The Morgan fingerprint density at radius 1 is 1.04 bits per heavy atom. The second kappa shape index (κ2) is 8.73. The lowest BCUT2D eigenvalue weighted by Gasteiger charge is -2.14. The van der Waals surface area contributed by atoms with Crippen molar-refractivity contribution in [3.8, 4) is 11.5 Å². The number of hydrogen-bond donors (Lipinski definition) is 2. The SMILES string of the molecule is CCOc1ccc(OCC)c(NC(=O)Cc2ccccc2C(=O)O)c1. The molecule has 2 aromatic rings. The van der Waals surface area contributed by atoms with Crippen molar-refractivity contribution < 1.29 is 24.2 Å². The van der Waals surface area contributed by atoms with Crippen molar-refractivity contribution in [2.45, 2.75) is 20.3 Å². The monoisotopic (exact) mass is 343 g/mol. The van der Waals surface area contributed by atoms with Gasteiger partial charge in [-0.1, -0.05) is 18.2 Å². The largest absolute Gasteiger partial charge is 0.494 e. The molecule has 0 aliphatic carbocycles. The molecule has 0 aromatic heterocycles. The van der Waals surface area contributed by atoms with Gasteiger partial charge in [0.05, 0.1) is 30.9 Å². The first-order valence-corrected chi connectivity index (χ1v) is 8.05. The van der Waals surface area contributed by atoms with Crippen LogP contribution < -0.4 is 14.8 Å². The zero-order chi connectivity index (χ0) is 18.2. The zero-order valence-electron chi connectivity index (χ0n) is 14.2. The van der Waals surface area contributed by atoms with Gasteiger partial charge in [-0.25, -0.2) is 4.79 Å². The summed E-state index contributed by atoms with van der Waals surface area (Å²) in [5, 5.41) is 12.0. The van der Waals surface area contributed by atoms with Crippen molar-refractivity contribution in [3.05, 3.63) is 53.6 Å². The van der Waals surface area contributed by atoms with Crippen LogP contribution in [0.1, 0.15) is 29.8 Å². The lowest BCUT2D eigenvalue weighted by Crippen LogP contribution is -2.17. The molecule has 0 saturated carbocycles. The molecule has 0 aliphatic heterocycles. The molecule has 0 heterocycles. The lowest BCUT2D eigenvalue weighted by molar-refractivity contribution is -0.115. The molecule has 0 atom stereocenters. The van der Waals surface area contributed by atoms with Crippen molar-refractivity contribution >= 4 is 17.6 Å². The Morgan fingerprint density at radius 3 is 2.44 bits per heavy atom. The van der Waals surface area contributed by atoms with Crippen LogP contribution in [0.5, 0.6) is 11.5 Å². The third-order valence-electron chi connectivity index (χ3n) is 3.43. The number of hydrogen-bond acceptors (Lipinski definition) is 4. The Balaban J connectivity index is 2.19. The van der Waals surface area contributed by atoms with Crippen LogP contribution in [0.4, 0.5) is 5.69 Å². The second-order valence-corrected chi connectivity index (χ2v) is 5.21. The summed E-state index contributed by atoms with van der Waals surface area (Å²) in [6, 6.07) is 11.6. The maximum atomic E-state index is 12.4. The topological polar surface area (TPSA) is 84.9 Å². The molecule has 0 radical (unpaired) electrons. The van der Waals surface area contributed by atoms with Crippen LogP contribution in [0.2, 0.25) is 0 Å². The summed E-state index contributed by atoms with van der Waals surface area (Å²) in [4.78, 5) is 23.6. The zero-order valence-corrected chi connectivity index (χ0v) is 14.2. The highest BCUT2D eigenvalue weighted by molar-refractivity contribution is 5.97. The number of carbonyl (C=O) groups excluding carboxylic acids is 1. The average Bonchev–Trinajstić information content (AvgIpc) is 2.58. The van der Waals surface area contributed by atoms with E-state index >= 15 is 0 Å². The number of benzene rings is 2. The Bertz CT molecular complexity index is 757. The third-order valence-corrected chi connectivity index (χ3v) is 3.43. The van der Waals surface area contributed by atoms with Gasteiger partial charge in [-0.15, -0.1) is 0 Å². The molecule has 6 heteroatoms. The van der Waals surface area contributed by atoms with Gasteiger partial charge in [-0.2, -0.15) is 0 Å². The Hall–Kier alpha value is -3.02. The van der Waals surface area contributed by atoms with Gasteiger partial charge in [-0.3, -0.25) is 4.79 Å². The number of anilines is 1. The van der Waals surface area contributed by atoms with Crippen LogP contribution in [-0.2, 0) is 11.2 Å². The summed E-state index contributed by atoms with van der Waals surface area (Å²) in [5.74, 6) is -0.238. The average molecular weight is 343 g/mol. The number of carboxylic acids is 1. The van der Waals surface area contributed by atoms with Gasteiger partial charge in [0.25, 0.3) is 0 Å². The fourth-order valence-corrected chi connectivity index (χ4v) is 2.40. The first-order chi connectivity index (χ1) is 12.0. The molecule has 1 amide bonds. The maximum absolute atomic E-state index is 12.4. The molecule has 0 bridgehead atoms.